The average Bonchev–Trinajstić information content (AvgIpc) is 2.79. The number of hydrogen-bond acceptors (Lipinski definition) is 5. The van der Waals surface area contributed by atoms with Crippen LogP contribution in [0.15, 0.2) is 4.52 Å². The van der Waals surface area contributed by atoms with Crippen LogP contribution < -0.4 is 5.32 Å². The summed E-state index contributed by atoms with van der Waals surface area (Å²) < 4.78 is 5.01. The lowest BCUT2D eigenvalue weighted by molar-refractivity contribution is -0.148. The van der Waals surface area contributed by atoms with Gasteiger partial charge in [-0.2, -0.15) is 4.98 Å². The molecule has 0 radical (unpaired) electrons. The zero-order chi connectivity index (χ0) is 14.0. The summed E-state index contributed by atoms with van der Waals surface area (Å²) in [5.41, 5.74) is 0. The Bertz CT molecular complexity index is 485. The Labute approximate surface area is 111 Å². The normalized spacial score (nSPS) is 23.6. The van der Waals surface area contributed by atoms with Gasteiger partial charge in [0.1, 0.15) is 12.1 Å². The highest BCUT2D eigenvalue weighted by Crippen LogP contribution is 2.12. The maximum absolute atomic E-state index is 12.2. The number of piperazine rings is 1. The van der Waals surface area contributed by atoms with E-state index in [0.717, 1.165) is 0 Å². The summed E-state index contributed by atoms with van der Waals surface area (Å²) in [4.78, 5) is 29.6. The van der Waals surface area contributed by atoms with Crippen molar-refractivity contribution >= 4 is 11.8 Å². The van der Waals surface area contributed by atoms with Gasteiger partial charge in [-0.15, -0.1) is 0 Å². The lowest BCUT2D eigenvalue weighted by Crippen LogP contribution is -2.62. The third-order valence-electron chi connectivity index (χ3n) is 3.29. The molecule has 2 amide bonds. The first-order chi connectivity index (χ1) is 9.02. The first kappa shape index (κ1) is 13.5. The highest BCUT2D eigenvalue weighted by Gasteiger charge is 2.36. The van der Waals surface area contributed by atoms with Crippen molar-refractivity contribution in [3.63, 3.8) is 0 Å². The Morgan fingerprint density at radius 2 is 2.16 bits per heavy atom. The predicted molar refractivity (Wildman–Crippen MR) is 66.1 cm³/mol. The minimum Gasteiger partial charge on any atom is -0.343 e. The summed E-state index contributed by atoms with van der Waals surface area (Å²) in [5.74, 6) is 0.882. The van der Waals surface area contributed by atoms with Crippen LogP contribution in [-0.4, -0.2) is 45.5 Å². The Morgan fingerprint density at radius 3 is 2.74 bits per heavy atom. The molecule has 1 saturated heterocycles. The van der Waals surface area contributed by atoms with E-state index < -0.39 is 12.1 Å². The fraction of sp³-hybridized carbons (Fsp3) is 0.667. The number of nitrogens with one attached hydrogen (secondary N) is 1. The van der Waals surface area contributed by atoms with Crippen LogP contribution in [0.1, 0.15) is 32.0 Å². The minimum absolute atomic E-state index is 0.0502. The topological polar surface area (TPSA) is 88.3 Å². The SMILES string of the molecule is CCC1NC(=O)C(C)N(CCc2nc(C)no2)C1=O. The molecule has 1 aromatic rings. The molecule has 1 fully saturated rings. The second-order valence-electron chi connectivity index (χ2n) is 4.66. The van der Waals surface area contributed by atoms with E-state index in [1.54, 1.807) is 18.7 Å². The van der Waals surface area contributed by atoms with Crippen molar-refractivity contribution in [3.8, 4) is 0 Å². The van der Waals surface area contributed by atoms with Crippen LogP contribution in [0, 0.1) is 6.92 Å². The zero-order valence-electron chi connectivity index (χ0n) is 11.3. The van der Waals surface area contributed by atoms with E-state index in [1.807, 2.05) is 6.92 Å². The van der Waals surface area contributed by atoms with Gasteiger partial charge in [0, 0.05) is 13.0 Å². The van der Waals surface area contributed by atoms with Gasteiger partial charge in [0.05, 0.1) is 0 Å². The zero-order valence-corrected chi connectivity index (χ0v) is 11.3. The molecule has 7 nitrogen and oxygen atoms in total. The van der Waals surface area contributed by atoms with E-state index in [0.29, 0.717) is 31.1 Å². The largest absolute Gasteiger partial charge is 0.343 e. The van der Waals surface area contributed by atoms with E-state index in [4.69, 9.17) is 4.52 Å². The van der Waals surface area contributed by atoms with Gasteiger partial charge in [-0.25, -0.2) is 0 Å². The van der Waals surface area contributed by atoms with Crippen molar-refractivity contribution in [1.29, 1.82) is 0 Å². The second kappa shape index (κ2) is 5.38. The van der Waals surface area contributed by atoms with Crippen LogP contribution in [0.4, 0.5) is 0 Å². The molecule has 2 rings (SSSR count). The molecule has 0 spiro atoms. The smallest absolute Gasteiger partial charge is 0.245 e. The summed E-state index contributed by atoms with van der Waals surface area (Å²) in [6.07, 6.45) is 1.05. The van der Waals surface area contributed by atoms with Crippen LogP contribution >= 0.6 is 0 Å². The number of carbonyl (C=O) groups is 2. The molecule has 104 valence electrons. The Hall–Kier alpha value is -1.92. The number of hydrogen-bond donors (Lipinski definition) is 1. The summed E-state index contributed by atoms with van der Waals surface area (Å²) in [6.45, 7) is 5.74. The fourth-order valence-electron chi connectivity index (χ4n) is 2.12. The molecular weight excluding hydrogens is 248 g/mol. The van der Waals surface area contributed by atoms with E-state index in [9.17, 15) is 9.59 Å². The third kappa shape index (κ3) is 2.74. The molecule has 2 atom stereocenters. The number of nitrogens with zero attached hydrogens (tertiary/aromatic N) is 3. The fourth-order valence-corrected chi connectivity index (χ4v) is 2.12. The summed E-state index contributed by atoms with van der Waals surface area (Å²) in [6, 6.07) is -0.882. The van der Waals surface area contributed by atoms with E-state index in [2.05, 4.69) is 15.5 Å². The van der Waals surface area contributed by atoms with Crippen LogP contribution in [0.3, 0.4) is 0 Å². The maximum atomic E-state index is 12.2. The second-order valence-corrected chi connectivity index (χ2v) is 4.66. The van der Waals surface area contributed by atoms with Crippen LogP contribution in [0.2, 0.25) is 0 Å². The summed E-state index contributed by atoms with van der Waals surface area (Å²) >= 11 is 0. The maximum Gasteiger partial charge on any atom is 0.245 e. The molecule has 1 aliphatic rings. The van der Waals surface area contributed by atoms with E-state index in [1.165, 1.54) is 0 Å². The molecule has 0 aromatic carbocycles. The van der Waals surface area contributed by atoms with Crippen molar-refractivity contribution < 1.29 is 14.1 Å². The quantitative estimate of drug-likeness (QED) is 0.831. The first-order valence-electron chi connectivity index (χ1n) is 6.43. The van der Waals surface area contributed by atoms with E-state index in [-0.39, 0.29) is 11.8 Å². The lowest BCUT2D eigenvalue weighted by Gasteiger charge is -2.36. The monoisotopic (exact) mass is 266 g/mol. The molecule has 1 N–H and O–H groups in total. The van der Waals surface area contributed by atoms with Crippen molar-refractivity contribution in [2.24, 2.45) is 0 Å². The highest BCUT2D eigenvalue weighted by molar-refractivity contribution is 5.96. The molecule has 1 aromatic heterocycles. The molecule has 7 heteroatoms. The Balaban J connectivity index is 2.03. The van der Waals surface area contributed by atoms with Crippen molar-refractivity contribution in [1.82, 2.24) is 20.4 Å². The van der Waals surface area contributed by atoms with Gasteiger partial charge >= 0.3 is 0 Å². The standard InChI is InChI=1S/C12H18N4O3/c1-4-9-12(18)16(7(2)11(17)14-9)6-5-10-13-8(3)15-19-10/h7,9H,4-6H2,1-3H3,(H,14,17). The van der Waals surface area contributed by atoms with Gasteiger partial charge in [0.25, 0.3) is 0 Å². The Kier molecular flexibility index (Phi) is 3.82. The van der Waals surface area contributed by atoms with Crippen molar-refractivity contribution in [2.75, 3.05) is 6.54 Å². The van der Waals surface area contributed by atoms with E-state index >= 15 is 0 Å². The van der Waals surface area contributed by atoms with Crippen LogP contribution in [0.5, 0.6) is 0 Å². The lowest BCUT2D eigenvalue weighted by atomic mass is 10.1. The Morgan fingerprint density at radius 1 is 1.42 bits per heavy atom. The van der Waals surface area contributed by atoms with Gasteiger partial charge in [0.2, 0.25) is 17.7 Å². The van der Waals surface area contributed by atoms with Gasteiger partial charge in [0.15, 0.2) is 5.82 Å². The summed E-state index contributed by atoms with van der Waals surface area (Å²) in [7, 11) is 0. The van der Waals surface area contributed by atoms with Gasteiger partial charge in [-0.05, 0) is 20.3 Å². The van der Waals surface area contributed by atoms with Crippen LogP contribution in [0.25, 0.3) is 0 Å². The predicted octanol–water partition coefficient (Wildman–Crippen LogP) is 0.0460. The van der Waals surface area contributed by atoms with Gasteiger partial charge < -0.3 is 14.7 Å². The molecule has 2 unspecified atom stereocenters. The minimum atomic E-state index is -0.459. The third-order valence-corrected chi connectivity index (χ3v) is 3.29. The average molecular weight is 266 g/mol. The van der Waals surface area contributed by atoms with Crippen LogP contribution in [-0.2, 0) is 16.0 Å². The first-order valence-corrected chi connectivity index (χ1v) is 6.43. The van der Waals surface area contributed by atoms with Gasteiger partial charge in [-0.1, -0.05) is 12.1 Å². The number of rotatable bonds is 4. The molecule has 1 aliphatic heterocycles. The number of amides is 2. The highest BCUT2D eigenvalue weighted by atomic mass is 16.5. The molecule has 0 aliphatic carbocycles. The number of aromatic nitrogens is 2. The number of aryl methyl sites for hydroxylation is 1. The molecule has 0 saturated carbocycles. The molecule has 2 heterocycles. The van der Waals surface area contributed by atoms with Gasteiger partial charge in [-0.3, -0.25) is 9.59 Å². The van der Waals surface area contributed by atoms with Crippen molar-refractivity contribution in [3.05, 3.63) is 11.7 Å². The molecule has 19 heavy (non-hydrogen) atoms. The molecular formula is C12H18N4O3. The summed E-state index contributed by atoms with van der Waals surface area (Å²) in [5, 5.41) is 6.41. The number of carbonyl (C=O) groups excluding carboxylic acids is 2. The van der Waals surface area contributed by atoms with Crippen molar-refractivity contribution in [2.45, 2.75) is 45.7 Å². The molecule has 0 bridgehead atoms.